The van der Waals surface area contributed by atoms with Crippen LogP contribution < -0.4 is 62.1 Å². The van der Waals surface area contributed by atoms with Gasteiger partial charge in [-0.2, -0.15) is 0 Å². The van der Waals surface area contributed by atoms with Crippen LogP contribution in [0.25, 0.3) is 22.3 Å². The Bertz CT molecular complexity index is 3240. The number of para-hydroxylation sites is 4. The molecule has 1 spiro atoms. The van der Waals surface area contributed by atoms with Gasteiger partial charge in [-0.05, 0) is 99.8 Å². The maximum absolute atomic E-state index is 2.84. The van der Waals surface area contributed by atoms with Crippen molar-refractivity contribution in [3.05, 3.63) is 212 Å². The number of hydrogen-bond donors (Lipinski definition) is 0. The zero-order chi connectivity index (χ0) is 39.3. The number of fused-ring (bicyclic) bond motifs is 15. The van der Waals surface area contributed by atoms with Gasteiger partial charge >= 0.3 is 6.85 Å². The summed E-state index contributed by atoms with van der Waals surface area (Å²) in [5.41, 5.74) is 16.2. The van der Waals surface area contributed by atoms with E-state index in [0.717, 1.165) is 0 Å². The fraction of sp³-hybridized carbons (Fsp3) is 0.0182. The summed E-state index contributed by atoms with van der Waals surface area (Å²) >= 11 is 0. The van der Waals surface area contributed by atoms with Crippen molar-refractivity contribution >= 4 is 104 Å². The SMILES string of the molecule is Cc1cc2c3c(c1)N1c4ccccc4[Si](c4ccccc4)(c4ccccc4)c4cccc(c41)B3N1c3ccccc3[Si]3(c4ccccc4-c4ccccc43)c3cccc-2c31. The van der Waals surface area contributed by atoms with Crippen LogP contribution in [0.2, 0.25) is 0 Å². The Morgan fingerprint density at radius 1 is 0.367 bits per heavy atom. The number of nitrogens with zero attached hydrogens (tertiary/aromatic N) is 2. The van der Waals surface area contributed by atoms with Crippen LogP contribution in [0, 0.1) is 6.92 Å². The molecule has 9 aromatic carbocycles. The zero-order valence-corrected chi connectivity index (χ0v) is 35.1. The number of hydrogen-bond acceptors (Lipinski definition) is 2. The summed E-state index contributed by atoms with van der Waals surface area (Å²) in [6, 6.07) is 79.9. The van der Waals surface area contributed by atoms with Gasteiger partial charge in [-0.3, -0.25) is 0 Å². The minimum Gasteiger partial charge on any atom is -0.376 e. The number of benzene rings is 9. The number of anilines is 5. The normalized spacial score (nSPS) is 15.6. The van der Waals surface area contributed by atoms with Crippen LogP contribution >= 0.6 is 0 Å². The lowest BCUT2D eigenvalue weighted by atomic mass is 9.43. The second-order valence-corrected chi connectivity index (χ2v) is 24.5. The fourth-order valence-electron chi connectivity index (χ4n) is 12.6. The molecular formula is C55H37BN2Si2. The topological polar surface area (TPSA) is 6.48 Å². The van der Waals surface area contributed by atoms with E-state index >= 15 is 0 Å². The summed E-state index contributed by atoms with van der Waals surface area (Å²) in [7, 11) is -5.58. The Kier molecular flexibility index (Phi) is 6.39. The molecule has 0 N–H and O–H groups in total. The minimum atomic E-state index is -2.84. The Hall–Kier alpha value is -6.92. The maximum Gasteiger partial charge on any atom is 0.333 e. The molecule has 5 aliphatic rings. The lowest BCUT2D eigenvalue weighted by Crippen LogP contribution is -2.80. The van der Waals surface area contributed by atoms with E-state index in [1.807, 2.05) is 0 Å². The second-order valence-electron chi connectivity index (χ2n) is 17.2. The van der Waals surface area contributed by atoms with Gasteiger partial charge in [0, 0.05) is 34.0 Å². The largest absolute Gasteiger partial charge is 0.376 e. The molecule has 9 aromatic rings. The maximum atomic E-state index is 2.80. The van der Waals surface area contributed by atoms with Crippen molar-refractivity contribution in [1.82, 2.24) is 0 Å². The molecule has 0 unspecified atom stereocenters. The van der Waals surface area contributed by atoms with Gasteiger partial charge in [0.2, 0.25) is 0 Å². The minimum absolute atomic E-state index is 0.0293. The first-order chi connectivity index (χ1) is 29.7. The van der Waals surface area contributed by atoms with Crippen LogP contribution in [0.15, 0.2) is 206 Å². The number of rotatable bonds is 2. The average Bonchev–Trinajstić information content (AvgIpc) is 3.60. The van der Waals surface area contributed by atoms with Gasteiger partial charge < -0.3 is 9.71 Å². The molecule has 0 amide bonds. The molecule has 0 radical (unpaired) electrons. The third kappa shape index (κ3) is 3.74. The highest BCUT2D eigenvalue weighted by atomic mass is 28.3. The Morgan fingerprint density at radius 3 is 1.53 bits per heavy atom. The summed E-state index contributed by atoms with van der Waals surface area (Å²) in [6.45, 7) is 2.27. The predicted octanol–water partition coefficient (Wildman–Crippen LogP) is 6.06. The average molecular weight is 793 g/mol. The zero-order valence-electron chi connectivity index (χ0n) is 33.1. The van der Waals surface area contributed by atoms with E-state index in [2.05, 4.69) is 223 Å². The van der Waals surface area contributed by atoms with Crippen molar-refractivity contribution in [3.8, 4) is 22.3 Å². The third-order valence-corrected chi connectivity index (χ3v) is 24.3. The van der Waals surface area contributed by atoms with Crippen LogP contribution in [-0.4, -0.2) is 23.0 Å². The molecular weight excluding hydrogens is 756 g/mol. The molecule has 0 saturated heterocycles. The van der Waals surface area contributed by atoms with Crippen LogP contribution in [0.5, 0.6) is 0 Å². The molecule has 0 atom stereocenters. The van der Waals surface area contributed by atoms with Crippen molar-refractivity contribution in [2.75, 3.05) is 9.71 Å². The van der Waals surface area contributed by atoms with Crippen molar-refractivity contribution in [1.29, 1.82) is 0 Å². The van der Waals surface area contributed by atoms with Gasteiger partial charge in [0.05, 0.1) is 0 Å². The van der Waals surface area contributed by atoms with E-state index in [9.17, 15) is 0 Å². The van der Waals surface area contributed by atoms with Crippen LogP contribution in [0.3, 0.4) is 0 Å². The van der Waals surface area contributed by atoms with E-state index < -0.39 is 16.1 Å². The standard InChI is InChI=1S/C55H37BN2Si2/c1-36-34-42-41-24-16-32-51-54(41)58(45-27-11-15-31-50(45)60(51)47-28-12-8-22-39(47)40-23-9-13-29-48(40)60)56-43-25-17-33-52-55(43)57(46(35-36)53(42)56)44-26-10-14-30-49(44)59(52,37-18-4-2-5-19-37)38-20-6-3-7-21-38/h2-35H,1H3. The molecule has 0 saturated carbocycles. The summed E-state index contributed by atoms with van der Waals surface area (Å²) < 4.78 is 0. The first-order valence-corrected chi connectivity index (χ1v) is 25.2. The van der Waals surface area contributed by atoms with Gasteiger partial charge in [0.1, 0.15) is 0 Å². The van der Waals surface area contributed by atoms with Crippen molar-refractivity contribution in [3.63, 3.8) is 0 Å². The lowest BCUT2D eigenvalue weighted by molar-refractivity contribution is 1.26. The summed E-state index contributed by atoms with van der Waals surface area (Å²) in [4.78, 5) is 5.47. The molecule has 278 valence electrons. The highest BCUT2D eigenvalue weighted by molar-refractivity contribution is 7.24. The Morgan fingerprint density at radius 2 is 0.867 bits per heavy atom. The quantitative estimate of drug-likeness (QED) is 0.197. The fourth-order valence-corrected chi connectivity index (χ4v) is 23.3. The molecule has 14 rings (SSSR count). The molecule has 0 fully saturated rings. The molecule has 0 bridgehead atoms. The van der Waals surface area contributed by atoms with Crippen LogP contribution in [0.1, 0.15) is 5.56 Å². The van der Waals surface area contributed by atoms with E-state index in [-0.39, 0.29) is 6.85 Å². The predicted molar refractivity (Wildman–Crippen MR) is 258 cm³/mol. The van der Waals surface area contributed by atoms with Crippen molar-refractivity contribution in [2.24, 2.45) is 0 Å². The van der Waals surface area contributed by atoms with Gasteiger partial charge in [0.25, 0.3) is 0 Å². The summed E-state index contributed by atoms with van der Waals surface area (Å²) in [5, 5.41) is 11.7. The highest BCUT2D eigenvalue weighted by Gasteiger charge is 2.59. The van der Waals surface area contributed by atoms with Crippen LogP contribution in [0.4, 0.5) is 28.4 Å². The highest BCUT2D eigenvalue weighted by Crippen LogP contribution is 2.49. The second kappa shape index (κ2) is 11.6. The lowest BCUT2D eigenvalue weighted by Gasteiger charge is -2.54. The van der Waals surface area contributed by atoms with Gasteiger partial charge in [-0.15, -0.1) is 0 Å². The smallest absolute Gasteiger partial charge is 0.333 e. The molecule has 60 heavy (non-hydrogen) atoms. The molecule has 2 nitrogen and oxygen atoms in total. The van der Waals surface area contributed by atoms with E-state index in [4.69, 9.17) is 0 Å². The molecule has 0 aromatic heterocycles. The van der Waals surface area contributed by atoms with E-state index in [1.54, 1.807) is 0 Å². The third-order valence-electron chi connectivity index (χ3n) is 14.5. The molecule has 5 aliphatic heterocycles. The Labute approximate surface area is 352 Å². The van der Waals surface area contributed by atoms with Gasteiger partial charge in [-0.25, -0.2) is 0 Å². The van der Waals surface area contributed by atoms with Crippen molar-refractivity contribution in [2.45, 2.75) is 6.92 Å². The molecule has 5 heterocycles. The van der Waals surface area contributed by atoms with Crippen LogP contribution in [-0.2, 0) is 0 Å². The first kappa shape index (κ1) is 33.0. The first-order valence-electron chi connectivity index (χ1n) is 21.2. The van der Waals surface area contributed by atoms with Gasteiger partial charge in [-0.1, -0.05) is 188 Å². The molecule has 0 aliphatic carbocycles. The van der Waals surface area contributed by atoms with Crippen molar-refractivity contribution < 1.29 is 0 Å². The van der Waals surface area contributed by atoms with E-state index in [0.29, 0.717) is 0 Å². The monoisotopic (exact) mass is 792 g/mol. The van der Waals surface area contributed by atoms with Gasteiger partial charge in [0.15, 0.2) is 16.1 Å². The Balaban J connectivity index is 1.15. The molecule has 5 heteroatoms. The number of aryl methyl sites for hydroxylation is 1. The summed E-state index contributed by atoms with van der Waals surface area (Å²) in [5.74, 6) is 0. The van der Waals surface area contributed by atoms with E-state index in [1.165, 1.54) is 109 Å². The summed E-state index contributed by atoms with van der Waals surface area (Å²) in [6.07, 6.45) is 0.